The zero-order chi connectivity index (χ0) is 31.0. The second-order valence-corrected chi connectivity index (χ2v) is 12.9. The van der Waals surface area contributed by atoms with Gasteiger partial charge < -0.3 is 24.5 Å². The van der Waals surface area contributed by atoms with Gasteiger partial charge in [0.05, 0.1) is 47.4 Å². The zero-order valence-corrected chi connectivity index (χ0v) is 25.4. The molecule has 1 aromatic heterocycles. The summed E-state index contributed by atoms with van der Waals surface area (Å²) in [6, 6.07) is 9.72. The number of carbonyl (C=O) groups is 3. The Hall–Kier alpha value is -3.47. The number of carbonyl (C=O) groups excluding carboxylic acids is 2. The average molecular weight is 626 g/mol. The Bertz CT molecular complexity index is 1550. The van der Waals surface area contributed by atoms with Crippen molar-refractivity contribution < 1.29 is 33.0 Å². The Labute approximate surface area is 260 Å². The third-order valence-electron chi connectivity index (χ3n) is 9.32. The number of nitrogens with zero attached hydrogens (tertiary/aromatic N) is 2. The summed E-state index contributed by atoms with van der Waals surface area (Å²) in [6.07, 6.45) is 4.50. The number of anilines is 1. The molecule has 0 radical (unpaired) electrons. The molecule has 2 aromatic carbocycles. The number of rotatable bonds is 9. The van der Waals surface area contributed by atoms with Crippen LogP contribution in [0.25, 0.3) is 11.0 Å². The summed E-state index contributed by atoms with van der Waals surface area (Å²) in [5.41, 5.74) is 1.12. The normalized spacial score (nSPS) is 24.4. The van der Waals surface area contributed by atoms with Crippen LogP contribution in [0, 0.1) is 17.7 Å². The van der Waals surface area contributed by atoms with Crippen LogP contribution in [-0.2, 0) is 20.7 Å². The first kappa shape index (κ1) is 30.6. The van der Waals surface area contributed by atoms with Crippen LogP contribution in [0.3, 0.4) is 0 Å². The molecule has 1 saturated carbocycles. The van der Waals surface area contributed by atoms with Crippen LogP contribution in [0.4, 0.5) is 10.1 Å². The van der Waals surface area contributed by atoms with Gasteiger partial charge in [0.15, 0.2) is 0 Å². The van der Waals surface area contributed by atoms with Gasteiger partial charge in [-0.05, 0) is 61.8 Å². The summed E-state index contributed by atoms with van der Waals surface area (Å²) in [6.45, 7) is 5.11. The molecule has 11 heteroatoms. The van der Waals surface area contributed by atoms with Gasteiger partial charge in [0.1, 0.15) is 17.7 Å². The fourth-order valence-electron chi connectivity index (χ4n) is 6.82. The molecular weight excluding hydrogens is 589 g/mol. The molecule has 0 unspecified atom stereocenters. The lowest BCUT2D eigenvalue weighted by molar-refractivity contribution is -0.144. The number of benzene rings is 2. The number of halogens is 2. The van der Waals surface area contributed by atoms with Gasteiger partial charge in [0, 0.05) is 31.1 Å². The molecule has 234 valence electrons. The zero-order valence-electron chi connectivity index (χ0n) is 24.6. The van der Waals surface area contributed by atoms with Gasteiger partial charge in [-0.2, -0.15) is 0 Å². The van der Waals surface area contributed by atoms with Crippen molar-refractivity contribution in [2.45, 2.75) is 63.6 Å². The molecule has 3 heterocycles. The van der Waals surface area contributed by atoms with Crippen molar-refractivity contribution >= 4 is 46.0 Å². The number of carboxylic acid groups (broad SMARTS) is 1. The van der Waals surface area contributed by atoms with Crippen molar-refractivity contribution in [3.63, 3.8) is 0 Å². The van der Waals surface area contributed by atoms with Crippen molar-refractivity contribution in [1.82, 2.24) is 9.80 Å². The van der Waals surface area contributed by atoms with Crippen LogP contribution in [-0.4, -0.2) is 77.1 Å². The first-order chi connectivity index (χ1) is 21.2. The summed E-state index contributed by atoms with van der Waals surface area (Å²) in [5.74, 6) is -1.77. The Morgan fingerprint density at radius 2 is 1.86 bits per heavy atom. The quantitative estimate of drug-likeness (QED) is 0.318. The van der Waals surface area contributed by atoms with Crippen LogP contribution < -0.4 is 5.32 Å². The minimum absolute atomic E-state index is 0.0234. The Balaban J connectivity index is 1.11. The predicted molar refractivity (Wildman–Crippen MR) is 163 cm³/mol. The molecular formula is C33H37ClFN3O6. The van der Waals surface area contributed by atoms with E-state index in [0.717, 1.165) is 25.6 Å². The van der Waals surface area contributed by atoms with Crippen molar-refractivity contribution in [1.29, 1.82) is 0 Å². The predicted octanol–water partition coefficient (Wildman–Crippen LogP) is 5.60. The molecule has 3 fully saturated rings. The van der Waals surface area contributed by atoms with E-state index in [9.17, 15) is 19.5 Å². The number of furan rings is 1. The first-order valence-electron chi connectivity index (χ1n) is 15.3. The van der Waals surface area contributed by atoms with Gasteiger partial charge in [-0.1, -0.05) is 36.7 Å². The number of fused-ring (bicyclic) bond motifs is 1. The summed E-state index contributed by atoms with van der Waals surface area (Å²) in [7, 11) is 0. The highest BCUT2D eigenvalue weighted by Crippen LogP contribution is 2.32. The van der Waals surface area contributed by atoms with E-state index in [0.29, 0.717) is 61.3 Å². The Kier molecular flexibility index (Phi) is 8.94. The maximum Gasteiger partial charge on any atom is 0.306 e. The molecule has 3 aliphatic rings. The van der Waals surface area contributed by atoms with Crippen LogP contribution in [0.15, 0.2) is 47.1 Å². The lowest BCUT2D eigenvalue weighted by Gasteiger charge is -2.41. The van der Waals surface area contributed by atoms with E-state index in [2.05, 4.69) is 17.1 Å². The Morgan fingerprint density at radius 1 is 1.11 bits per heavy atom. The first-order valence-corrected chi connectivity index (χ1v) is 15.7. The molecule has 2 amide bonds. The molecule has 0 spiro atoms. The van der Waals surface area contributed by atoms with Gasteiger partial charge in [0.2, 0.25) is 5.91 Å². The van der Waals surface area contributed by atoms with Crippen molar-refractivity contribution in [2.75, 3.05) is 31.6 Å². The highest BCUT2D eigenvalue weighted by Gasteiger charge is 2.41. The standard InChI is InChI=1S/C33H37ClFN3O6/c1-19-14-37(15-19)22-12-23(17-43-24-8-6-20(7-9-24)33(41)42)38(16-22)31(39)11-21-10-27(34)29(13-28(21)35)36-32(40)26-18-44-30-5-3-2-4-25(26)30/h2-5,10,13,18-20,22-24H,6-9,11-12,14-17H2,1H3,(H,36,40)(H,41,42)/t20?,22-,23-,24?/m0/s1. The number of aliphatic carboxylic acids is 1. The maximum absolute atomic E-state index is 15.3. The average Bonchev–Trinajstić information content (AvgIpc) is 3.62. The van der Waals surface area contributed by atoms with E-state index in [1.54, 1.807) is 24.3 Å². The van der Waals surface area contributed by atoms with Crippen molar-refractivity contribution in [3.05, 3.63) is 64.6 Å². The smallest absolute Gasteiger partial charge is 0.306 e. The Morgan fingerprint density at radius 3 is 2.59 bits per heavy atom. The highest BCUT2D eigenvalue weighted by molar-refractivity contribution is 6.34. The molecule has 2 saturated heterocycles. The minimum Gasteiger partial charge on any atom is -0.481 e. The highest BCUT2D eigenvalue weighted by atomic mass is 35.5. The van der Waals surface area contributed by atoms with Crippen LogP contribution in [0.5, 0.6) is 0 Å². The summed E-state index contributed by atoms with van der Waals surface area (Å²) >= 11 is 6.47. The number of ether oxygens (including phenoxy) is 1. The molecule has 3 aromatic rings. The topological polar surface area (TPSA) is 112 Å². The molecule has 0 bridgehead atoms. The largest absolute Gasteiger partial charge is 0.481 e. The number of nitrogens with one attached hydrogen (secondary N) is 1. The number of hydrogen-bond acceptors (Lipinski definition) is 6. The van der Waals surface area contributed by atoms with Crippen LogP contribution in [0.1, 0.15) is 54.9 Å². The number of carboxylic acids is 1. The van der Waals surface area contributed by atoms with Crippen molar-refractivity contribution in [3.8, 4) is 0 Å². The SMILES string of the molecule is CC1CN([C@H]2C[C@@H](COC3CCC(C(=O)O)CC3)N(C(=O)Cc3cc(Cl)c(NC(=O)c4coc5ccccc45)cc3F)C2)C1. The van der Waals surface area contributed by atoms with Crippen LogP contribution in [0.2, 0.25) is 5.02 Å². The lowest BCUT2D eigenvalue weighted by atomic mass is 9.87. The van der Waals surface area contributed by atoms with Gasteiger partial charge in [-0.15, -0.1) is 0 Å². The maximum atomic E-state index is 15.3. The summed E-state index contributed by atoms with van der Waals surface area (Å²) < 4.78 is 27.0. The van der Waals surface area contributed by atoms with E-state index in [4.69, 9.17) is 20.8 Å². The fraction of sp³-hybridized carbons (Fsp3) is 0.485. The second kappa shape index (κ2) is 12.9. The molecule has 1 aliphatic carbocycles. The third kappa shape index (κ3) is 6.48. The molecule has 9 nitrogen and oxygen atoms in total. The molecule has 2 atom stereocenters. The van der Waals surface area contributed by atoms with E-state index < -0.39 is 17.7 Å². The summed E-state index contributed by atoms with van der Waals surface area (Å²) in [5, 5.41) is 12.7. The lowest BCUT2D eigenvalue weighted by Crippen LogP contribution is -2.52. The number of amides is 2. The number of para-hydroxylation sites is 1. The van der Waals surface area contributed by atoms with Gasteiger partial charge >= 0.3 is 5.97 Å². The second-order valence-electron chi connectivity index (χ2n) is 12.5. The number of hydrogen-bond donors (Lipinski definition) is 2. The van der Waals surface area contributed by atoms with E-state index in [1.807, 2.05) is 4.90 Å². The molecule has 6 rings (SSSR count). The van der Waals surface area contributed by atoms with Crippen LogP contribution >= 0.6 is 11.6 Å². The van der Waals surface area contributed by atoms with Gasteiger partial charge in [0.25, 0.3) is 5.91 Å². The molecule has 2 N–H and O–H groups in total. The van der Waals surface area contributed by atoms with Crippen molar-refractivity contribution in [2.24, 2.45) is 11.8 Å². The van der Waals surface area contributed by atoms with Gasteiger partial charge in [-0.3, -0.25) is 19.3 Å². The molecule has 2 aliphatic heterocycles. The van der Waals surface area contributed by atoms with E-state index in [1.165, 1.54) is 12.3 Å². The molecule has 44 heavy (non-hydrogen) atoms. The monoisotopic (exact) mass is 625 g/mol. The van der Waals surface area contributed by atoms with E-state index in [-0.39, 0.29) is 52.7 Å². The minimum atomic E-state index is -0.753. The summed E-state index contributed by atoms with van der Waals surface area (Å²) in [4.78, 5) is 42.1. The van der Waals surface area contributed by atoms with E-state index >= 15 is 4.39 Å². The third-order valence-corrected chi connectivity index (χ3v) is 9.63. The van der Waals surface area contributed by atoms with Gasteiger partial charge in [-0.25, -0.2) is 4.39 Å². The number of likely N-dealkylation sites (tertiary alicyclic amines) is 2. The fourth-order valence-corrected chi connectivity index (χ4v) is 7.05.